The van der Waals surface area contributed by atoms with Crippen LogP contribution in [0.15, 0.2) is 60.7 Å². The Morgan fingerprint density at radius 1 is 0.656 bits per heavy atom. The summed E-state index contributed by atoms with van der Waals surface area (Å²) in [6.07, 6.45) is 17.2. The van der Waals surface area contributed by atoms with E-state index in [2.05, 4.69) is 67.6 Å². The summed E-state index contributed by atoms with van der Waals surface area (Å²) in [5.41, 5.74) is 0. The van der Waals surface area contributed by atoms with E-state index in [1.54, 1.807) is 0 Å². The monoisotopic (exact) mass is 452 g/mol. The highest BCUT2D eigenvalue weighted by molar-refractivity contribution is 6.92. The van der Waals surface area contributed by atoms with Gasteiger partial charge in [0.1, 0.15) is 0 Å². The molecule has 1 fully saturated rings. The highest BCUT2D eigenvalue weighted by Crippen LogP contribution is 2.25. The molecule has 2 aromatic carbocycles. The third-order valence-corrected chi connectivity index (χ3v) is 10.2. The molecule has 1 saturated carbocycles. The first-order valence-electron chi connectivity index (χ1n) is 13.2. The van der Waals surface area contributed by atoms with Gasteiger partial charge in [-0.15, -0.1) is 0 Å². The van der Waals surface area contributed by atoms with Crippen molar-refractivity contribution >= 4 is 18.9 Å². The molecule has 0 aromatic heterocycles. The fraction of sp³-hybridized carbons (Fsp3) is 0.586. The molecule has 0 spiro atoms. The van der Waals surface area contributed by atoms with Gasteiger partial charge in [0.15, 0.2) is 0 Å². The predicted octanol–water partition coefficient (Wildman–Crippen LogP) is 7.00. The zero-order valence-corrected chi connectivity index (χ0v) is 21.3. The van der Waals surface area contributed by atoms with Gasteiger partial charge in [-0.2, -0.15) is 0 Å². The van der Waals surface area contributed by atoms with Crippen LogP contribution in [0.4, 0.5) is 0 Å². The lowest BCUT2D eigenvalue weighted by Crippen LogP contribution is -2.64. The van der Waals surface area contributed by atoms with Crippen LogP contribution in [-0.4, -0.2) is 21.8 Å². The van der Waals surface area contributed by atoms with Crippen molar-refractivity contribution in [3.8, 4) is 0 Å². The molecule has 32 heavy (non-hydrogen) atoms. The minimum Gasteiger partial charge on any atom is -0.388 e. The first-order chi connectivity index (χ1) is 15.8. The highest BCUT2D eigenvalue weighted by Gasteiger charge is 2.43. The summed E-state index contributed by atoms with van der Waals surface area (Å²) in [5.74, 6) is 0.676. The average Bonchev–Trinajstić information content (AvgIpc) is 2.87. The minimum absolute atomic E-state index is 0.676. The van der Waals surface area contributed by atoms with Crippen LogP contribution in [0.25, 0.3) is 0 Å². The van der Waals surface area contributed by atoms with E-state index in [1.807, 2.05) is 0 Å². The molecule has 2 nitrogen and oxygen atoms in total. The molecule has 2 aromatic rings. The van der Waals surface area contributed by atoms with Crippen molar-refractivity contribution in [1.82, 2.24) is 0 Å². The van der Waals surface area contributed by atoms with Crippen molar-refractivity contribution in [3.63, 3.8) is 0 Å². The van der Waals surface area contributed by atoms with Gasteiger partial charge >= 0.3 is 8.56 Å². The molecule has 0 N–H and O–H groups in total. The van der Waals surface area contributed by atoms with Gasteiger partial charge in [-0.1, -0.05) is 132 Å². The summed E-state index contributed by atoms with van der Waals surface area (Å²) in [7, 11) is -2.72. The summed E-state index contributed by atoms with van der Waals surface area (Å²) in [5, 5.41) is 2.48. The van der Waals surface area contributed by atoms with Crippen molar-refractivity contribution in [1.29, 1.82) is 0 Å². The van der Waals surface area contributed by atoms with Gasteiger partial charge < -0.3 is 8.85 Å². The molecule has 0 bridgehead atoms. The highest BCUT2D eigenvalue weighted by atomic mass is 28.4. The summed E-state index contributed by atoms with van der Waals surface area (Å²) < 4.78 is 13.8. The van der Waals surface area contributed by atoms with Crippen LogP contribution >= 0.6 is 0 Å². The number of unbranched alkanes of at least 4 members (excludes halogenated alkanes) is 7. The standard InChI is InChI=1S/C29H44O2Si/c1-2-3-4-5-6-7-8-18-25-30-32(28-21-14-10-15-22-28,29-23-16-11-17-24-29)31-26-27-19-12-9-13-20-27/h10-11,14-17,21-24,27H,2-9,12-13,18-20,25-26H2,1H3. The zero-order valence-electron chi connectivity index (χ0n) is 20.3. The van der Waals surface area contributed by atoms with Crippen LogP contribution in [-0.2, 0) is 8.85 Å². The molecule has 176 valence electrons. The summed E-state index contributed by atoms with van der Waals surface area (Å²) in [6, 6.07) is 21.6. The largest absolute Gasteiger partial charge is 0.407 e. The van der Waals surface area contributed by atoms with Crippen molar-refractivity contribution in [2.45, 2.75) is 90.4 Å². The third-order valence-electron chi connectivity index (χ3n) is 6.86. The molecule has 0 saturated heterocycles. The molecule has 1 aliphatic rings. The number of hydrogen-bond acceptors (Lipinski definition) is 2. The van der Waals surface area contributed by atoms with Crippen molar-refractivity contribution in [3.05, 3.63) is 60.7 Å². The quantitative estimate of drug-likeness (QED) is 0.214. The Kier molecular flexibility index (Phi) is 11.6. The van der Waals surface area contributed by atoms with E-state index in [0.717, 1.165) is 19.6 Å². The molecule has 1 aliphatic carbocycles. The lowest BCUT2D eigenvalue weighted by Gasteiger charge is -2.34. The molecule has 0 amide bonds. The lowest BCUT2D eigenvalue weighted by molar-refractivity contribution is 0.146. The maximum absolute atomic E-state index is 6.93. The number of hydrogen-bond donors (Lipinski definition) is 0. The molecule has 0 unspecified atom stereocenters. The molecular formula is C29H44O2Si. The third kappa shape index (κ3) is 7.86. The summed E-state index contributed by atoms with van der Waals surface area (Å²) >= 11 is 0. The molecule has 0 heterocycles. The van der Waals surface area contributed by atoms with Crippen molar-refractivity contribution < 1.29 is 8.85 Å². The number of rotatable bonds is 15. The Morgan fingerprint density at radius 2 is 1.19 bits per heavy atom. The molecule has 3 rings (SSSR count). The van der Waals surface area contributed by atoms with Crippen LogP contribution < -0.4 is 10.4 Å². The zero-order chi connectivity index (χ0) is 22.3. The van der Waals surface area contributed by atoms with E-state index in [-0.39, 0.29) is 0 Å². The first-order valence-corrected chi connectivity index (χ1v) is 15.1. The molecule has 0 aliphatic heterocycles. The summed E-state index contributed by atoms with van der Waals surface area (Å²) in [6.45, 7) is 3.90. The smallest absolute Gasteiger partial charge is 0.388 e. The van der Waals surface area contributed by atoms with Crippen LogP contribution in [0.1, 0.15) is 90.4 Å². The maximum atomic E-state index is 6.93. The first kappa shape index (κ1) is 25.2. The van der Waals surface area contributed by atoms with Gasteiger partial charge in [0.25, 0.3) is 0 Å². The fourth-order valence-corrected chi connectivity index (χ4v) is 8.15. The molecule has 3 heteroatoms. The fourth-order valence-electron chi connectivity index (χ4n) is 4.90. The van der Waals surface area contributed by atoms with Crippen molar-refractivity contribution in [2.24, 2.45) is 5.92 Å². The molecular weight excluding hydrogens is 408 g/mol. The van der Waals surface area contributed by atoms with Gasteiger partial charge in [-0.3, -0.25) is 0 Å². The lowest BCUT2D eigenvalue weighted by atomic mass is 9.90. The SMILES string of the molecule is CCCCCCCCCCO[Si](OCC1CCCCC1)(c1ccccc1)c1ccccc1. The van der Waals surface area contributed by atoms with E-state index in [1.165, 1.54) is 87.4 Å². The Morgan fingerprint density at radius 3 is 1.75 bits per heavy atom. The van der Waals surface area contributed by atoms with Crippen molar-refractivity contribution in [2.75, 3.05) is 13.2 Å². The minimum atomic E-state index is -2.72. The Hall–Kier alpha value is -1.42. The molecule has 0 atom stereocenters. The summed E-state index contributed by atoms with van der Waals surface area (Å²) in [4.78, 5) is 0. The van der Waals surface area contributed by atoms with E-state index in [9.17, 15) is 0 Å². The van der Waals surface area contributed by atoms with Crippen LogP contribution in [0.2, 0.25) is 0 Å². The van der Waals surface area contributed by atoms with Gasteiger partial charge in [0.05, 0.1) is 0 Å². The van der Waals surface area contributed by atoms with E-state index >= 15 is 0 Å². The Labute approximate surface area is 198 Å². The second-order valence-corrected chi connectivity index (χ2v) is 12.5. The maximum Gasteiger partial charge on any atom is 0.407 e. The molecule has 0 radical (unpaired) electrons. The van der Waals surface area contributed by atoms with Gasteiger partial charge in [-0.25, -0.2) is 0 Å². The van der Waals surface area contributed by atoms with E-state index in [4.69, 9.17) is 8.85 Å². The normalized spacial score (nSPS) is 15.2. The second kappa shape index (κ2) is 14.7. The Balaban J connectivity index is 1.66. The van der Waals surface area contributed by atoms with Gasteiger partial charge in [0.2, 0.25) is 0 Å². The topological polar surface area (TPSA) is 18.5 Å². The number of benzene rings is 2. The van der Waals surface area contributed by atoms with E-state index in [0.29, 0.717) is 5.92 Å². The second-order valence-electron chi connectivity index (χ2n) is 9.49. The van der Waals surface area contributed by atoms with Crippen LogP contribution in [0.5, 0.6) is 0 Å². The van der Waals surface area contributed by atoms with Crippen LogP contribution in [0, 0.1) is 5.92 Å². The Bertz CT molecular complexity index is 673. The van der Waals surface area contributed by atoms with Gasteiger partial charge in [-0.05, 0) is 35.6 Å². The van der Waals surface area contributed by atoms with Gasteiger partial charge in [0, 0.05) is 13.2 Å². The average molecular weight is 453 g/mol. The predicted molar refractivity (Wildman–Crippen MR) is 139 cm³/mol. The van der Waals surface area contributed by atoms with Crippen LogP contribution in [0.3, 0.4) is 0 Å². The van der Waals surface area contributed by atoms with E-state index < -0.39 is 8.56 Å².